The number of rotatable bonds is 1. The molecule has 1 atom stereocenters. The van der Waals surface area contributed by atoms with Crippen molar-refractivity contribution >= 4 is 11.0 Å². The number of hydrogen-bond donors (Lipinski definition) is 0. The Bertz CT molecular complexity index is 1090. The smallest absolute Gasteiger partial charge is 0.159 e. The first-order chi connectivity index (χ1) is 12.3. The summed E-state index contributed by atoms with van der Waals surface area (Å²) in [5.74, 6) is 0.864. The summed E-state index contributed by atoms with van der Waals surface area (Å²) >= 11 is 0. The Labute approximate surface area is 146 Å². The van der Waals surface area contributed by atoms with Crippen molar-refractivity contribution in [2.45, 2.75) is 13.0 Å². The van der Waals surface area contributed by atoms with E-state index >= 15 is 0 Å². The standard InChI is InChI=1S/C22H16N2O/c1-14-8-10-15(11-9-14)21-18-13-16-5-4-12-23-22(16)24-20(18)17-6-2-3-7-19(17)25-21/h2-13,21H,1H3. The van der Waals surface area contributed by atoms with Gasteiger partial charge in [-0.25, -0.2) is 9.97 Å². The number of para-hydroxylation sites is 1. The molecule has 2 aromatic carbocycles. The number of nitrogens with zero attached hydrogens (tertiary/aromatic N) is 2. The minimum atomic E-state index is -0.164. The molecule has 0 saturated carbocycles. The topological polar surface area (TPSA) is 35.0 Å². The van der Waals surface area contributed by atoms with Gasteiger partial charge in [-0.2, -0.15) is 0 Å². The summed E-state index contributed by atoms with van der Waals surface area (Å²) in [5.41, 5.74) is 6.20. The van der Waals surface area contributed by atoms with E-state index in [1.54, 1.807) is 6.20 Å². The molecule has 0 radical (unpaired) electrons. The van der Waals surface area contributed by atoms with Crippen LogP contribution in [-0.4, -0.2) is 9.97 Å². The van der Waals surface area contributed by atoms with E-state index in [1.165, 1.54) is 5.56 Å². The first-order valence-electron chi connectivity index (χ1n) is 8.38. The molecule has 0 amide bonds. The number of aromatic nitrogens is 2. The molecule has 5 rings (SSSR count). The number of hydrogen-bond acceptors (Lipinski definition) is 3. The molecule has 4 aromatic rings. The molecule has 3 nitrogen and oxygen atoms in total. The van der Waals surface area contributed by atoms with Crippen LogP contribution in [0.1, 0.15) is 22.8 Å². The summed E-state index contributed by atoms with van der Waals surface area (Å²) in [6, 6.07) is 22.7. The van der Waals surface area contributed by atoms with Crippen molar-refractivity contribution in [3.05, 3.63) is 89.6 Å². The fourth-order valence-electron chi connectivity index (χ4n) is 3.38. The van der Waals surface area contributed by atoms with Gasteiger partial charge < -0.3 is 4.74 Å². The molecule has 0 N–H and O–H groups in total. The lowest BCUT2D eigenvalue weighted by Crippen LogP contribution is -2.16. The van der Waals surface area contributed by atoms with Gasteiger partial charge >= 0.3 is 0 Å². The maximum Gasteiger partial charge on any atom is 0.159 e. The Balaban J connectivity index is 1.79. The molecule has 3 heterocycles. The van der Waals surface area contributed by atoms with Crippen molar-refractivity contribution in [2.24, 2.45) is 0 Å². The van der Waals surface area contributed by atoms with Gasteiger partial charge in [0.25, 0.3) is 0 Å². The second-order valence-corrected chi connectivity index (χ2v) is 6.38. The van der Waals surface area contributed by atoms with Gasteiger partial charge in [-0.05, 0) is 42.8 Å². The zero-order chi connectivity index (χ0) is 16.8. The van der Waals surface area contributed by atoms with Crippen LogP contribution in [0.5, 0.6) is 5.75 Å². The SMILES string of the molecule is Cc1ccc(C2Oc3ccccc3-c3nc4ncccc4cc32)cc1. The number of fused-ring (bicyclic) bond motifs is 4. The summed E-state index contributed by atoms with van der Waals surface area (Å²) in [7, 11) is 0. The van der Waals surface area contributed by atoms with Crippen LogP contribution in [0.2, 0.25) is 0 Å². The molecule has 0 aliphatic carbocycles. The largest absolute Gasteiger partial charge is 0.480 e. The summed E-state index contributed by atoms with van der Waals surface area (Å²) in [6.07, 6.45) is 1.62. The third-order valence-electron chi connectivity index (χ3n) is 4.67. The van der Waals surface area contributed by atoms with Crippen LogP contribution in [0.3, 0.4) is 0 Å². The second-order valence-electron chi connectivity index (χ2n) is 6.38. The van der Waals surface area contributed by atoms with Crippen molar-refractivity contribution < 1.29 is 4.74 Å². The summed E-state index contributed by atoms with van der Waals surface area (Å²) < 4.78 is 6.37. The molecular formula is C22H16N2O. The zero-order valence-electron chi connectivity index (χ0n) is 13.8. The highest BCUT2D eigenvalue weighted by atomic mass is 16.5. The third kappa shape index (κ3) is 2.28. The van der Waals surface area contributed by atoms with E-state index in [0.29, 0.717) is 0 Å². The average Bonchev–Trinajstić information content (AvgIpc) is 2.67. The van der Waals surface area contributed by atoms with E-state index in [2.05, 4.69) is 48.3 Å². The highest BCUT2D eigenvalue weighted by Gasteiger charge is 2.28. The predicted octanol–water partition coefficient (Wildman–Crippen LogP) is 5.09. The van der Waals surface area contributed by atoms with E-state index in [9.17, 15) is 0 Å². The number of pyridine rings is 2. The van der Waals surface area contributed by atoms with Crippen molar-refractivity contribution in [3.63, 3.8) is 0 Å². The fraction of sp³-hybridized carbons (Fsp3) is 0.0909. The highest BCUT2D eigenvalue weighted by Crippen LogP contribution is 2.44. The lowest BCUT2D eigenvalue weighted by molar-refractivity contribution is 0.243. The Morgan fingerprint density at radius 1 is 0.920 bits per heavy atom. The van der Waals surface area contributed by atoms with E-state index in [-0.39, 0.29) is 6.10 Å². The highest BCUT2D eigenvalue weighted by molar-refractivity contribution is 5.83. The molecule has 25 heavy (non-hydrogen) atoms. The maximum atomic E-state index is 6.37. The fourth-order valence-corrected chi connectivity index (χ4v) is 3.38. The zero-order valence-corrected chi connectivity index (χ0v) is 13.8. The van der Waals surface area contributed by atoms with Crippen LogP contribution in [0.25, 0.3) is 22.3 Å². The Hall–Kier alpha value is -3.20. The minimum Gasteiger partial charge on any atom is -0.480 e. The van der Waals surface area contributed by atoms with E-state index < -0.39 is 0 Å². The summed E-state index contributed by atoms with van der Waals surface area (Å²) in [6.45, 7) is 2.09. The molecule has 1 unspecified atom stereocenters. The molecule has 3 heteroatoms. The first-order valence-corrected chi connectivity index (χ1v) is 8.38. The normalized spacial score (nSPS) is 15.3. The lowest BCUT2D eigenvalue weighted by atomic mass is 9.92. The molecule has 120 valence electrons. The summed E-state index contributed by atoms with van der Waals surface area (Å²) in [5, 5.41) is 1.03. The van der Waals surface area contributed by atoms with Crippen LogP contribution in [-0.2, 0) is 0 Å². The first kappa shape index (κ1) is 14.2. The average molecular weight is 324 g/mol. The second kappa shape index (κ2) is 5.42. The molecule has 0 fully saturated rings. The monoisotopic (exact) mass is 324 g/mol. The van der Waals surface area contributed by atoms with E-state index in [1.807, 2.05) is 30.3 Å². The molecule has 0 saturated heterocycles. The maximum absolute atomic E-state index is 6.37. The summed E-state index contributed by atoms with van der Waals surface area (Å²) in [4.78, 5) is 9.28. The van der Waals surface area contributed by atoms with Gasteiger partial charge in [-0.3, -0.25) is 0 Å². The Morgan fingerprint density at radius 2 is 1.76 bits per heavy atom. The van der Waals surface area contributed by atoms with Crippen molar-refractivity contribution in [3.8, 4) is 17.0 Å². The van der Waals surface area contributed by atoms with Crippen molar-refractivity contribution in [2.75, 3.05) is 0 Å². The van der Waals surface area contributed by atoms with Crippen LogP contribution in [0.4, 0.5) is 0 Å². The van der Waals surface area contributed by atoms with Crippen LogP contribution in [0, 0.1) is 6.92 Å². The van der Waals surface area contributed by atoms with Gasteiger partial charge in [0.1, 0.15) is 5.75 Å². The van der Waals surface area contributed by atoms with E-state index in [0.717, 1.165) is 39.2 Å². The predicted molar refractivity (Wildman–Crippen MR) is 98.6 cm³/mol. The lowest BCUT2D eigenvalue weighted by Gasteiger charge is -2.28. The Morgan fingerprint density at radius 3 is 2.64 bits per heavy atom. The van der Waals surface area contributed by atoms with Gasteiger partial charge in [-0.1, -0.05) is 42.0 Å². The molecule has 1 aliphatic rings. The van der Waals surface area contributed by atoms with Gasteiger partial charge in [0.15, 0.2) is 11.8 Å². The number of aryl methyl sites for hydroxylation is 1. The van der Waals surface area contributed by atoms with Crippen molar-refractivity contribution in [1.82, 2.24) is 9.97 Å². The number of ether oxygens (including phenoxy) is 1. The van der Waals surface area contributed by atoms with Crippen LogP contribution >= 0.6 is 0 Å². The minimum absolute atomic E-state index is 0.164. The molecule has 0 bridgehead atoms. The quantitative estimate of drug-likeness (QED) is 0.489. The van der Waals surface area contributed by atoms with E-state index in [4.69, 9.17) is 9.72 Å². The van der Waals surface area contributed by atoms with Crippen LogP contribution < -0.4 is 4.74 Å². The van der Waals surface area contributed by atoms with Gasteiger partial charge in [-0.15, -0.1) is 0 Å². The molecule has 2 aromatic heterocycles. The molecule has 0 spiro atoms. The van der Waals surface area contributed by atoms with Gasteiger partial charge in [0.2, 0.25) is 0 Å². The third-order valence-corrected chi connectivity index (χ3v) is 4.67. The molecular weight excluding hydrogens is 308 g/mol. The van der Waals surface area contributed by atoms with Gasteiger partial charge in [0, 0.05) is 22.7 Å². The molecule has 1 aliphatic heterocycles. The number of benzene rings is 2. The van der Waals surface area contributed by atoms with Crippen molar-refractivity contribution in [1.29, 1.82) is 0 Å². The van der Waals surface area contributed by atoms with Gasteiger partial charge in [0.05, 0.1) is 5.69 Å². The van der Waals surface area contributed by atoms with Crippen LogP contribution in [0.15, 0.2) is 72.9 Å². The Kier molecular flexibility index (Phi) is 3.07.